The summed E-state index contributed by atoms with van der Waals surface area (Å²) in [6, 6.07) is 6.95. The van der Waals surface area contributed by atoms with Gasteiger partial charge in [0.05, 0.1) is 6.54 Å². The number of Topliss-reactive ketones (excluding diaryl/α,β-unsaturated/α-hetero) is 1. The van der Waals surface area contributed by atoms with E-state index in [0.717, 1.165) is 9.04 Å². The van der Waals surface area contributed by atoms with Crippen molar-refractivity contribution in [3.63, 3.8) is 0 Å². The summed E-state index contributed by atoms with van der Waals surface area (Å²) in [6.45, 7) is -0.0633. The highest BCUT2D eigenvalue weighted by molar-refractivity contribution is 9.10. The molecule has 0 unspecified atom stereocenters. The van der Waals surface area contributed by atoms with Crippen LogP contribution in [0.1, 0.15) is 10.4 Å². The second-order valence-corrected chi connectivity index (χ2v) is 6.90. The van der Waals surface area contributed by atoms with Gasteiger partial charge in [-0.15, -0.1) is 0 Å². The number of aryl methyl sites for hydroxylation is 1. The third kappa shape index (κ3) is 2.67. The molecule has 0 aliphatic carbocycles. The summed E-state index contributed by atoms with van der Waals surface area (Å²) in [5, 5.41) is 0. The van der Waals surface area contributed by atoms with Gasteiger partial charge in [-0.05, 0) is 28.1 Å². The molecule has 0 radical (unpaired) electrons. The zero-order valence-corrected chi connectivity index (χ0v) is 16.0. The Morgan fingerprint density at radius 1 is 1.08 bits per heavy atom. The lowest BCUT2D eigenvalue weighted by Gasteiger charge is -2.07. The van der Waals surface area contributed by atoms with Crippen LogP contribution in [0.4, 0.5) is 0 Å². The van der Waals surface area contributed by atoms with Crippen molar-refractivity contribution < 1.29 is 4.79 Å². The van der Waals surface area contributed by atoms with Crippen molar-refractivity contribution in [3.8, 4) is 0 Å². The van der Waals surface area contributed by atoms with Gasteiger partial charge in [0, 0.05) is 24.1 Å². The summed E-state index contributed by atoms with van der Waals surface area (Å²) in [4.78, 5) is 41.1. The number of carbonyl (C=O) groups excluding carboxylic acids is 1. The molecule has 0 N–H and O–H groups in total. The number of imidazole rings is 1. The van der Waals surface area contributed by atoms with Crippen LogP contribution in [0.15, 0.2) is 43.1 Å². The van der Waals surface area contributed by atoms with Gasteiger partial charge in [0.25, 0.3) is 5.56 Å². The molecule has 0 saturated heterocycles. The van der Waals surface area contributed by atoms with Crippen LogP contribution in [0.3, 0.4) is 0 Å². The lowest BCUT2D eigenvalue weighted by atomic mass is 10.1. The normalized spacial score (nSPS) is 11.2. The Morgan fingerprint density at radius 2 is 1.71 bits per heavy atom. The molecule has 0 bridgehead atoms. The van der Waals surface area contributed by atoms with Crippen LogP contribution in [0.25, 0.3) is 11.2 Å². The highest BCUT2D eigenvalue weighted by Gasteiger charge is 2.20. The fraction of sp³-hybridized carbons (Fsp3) is 0.200. The number of fused-ring (bicyclic) bond motifs is 1. The van der Waals surface area contributed by atoms with E-state index < -0.39 is 11.2 Å². The highest BCUT2D eigenvalue weighted by Crippen LogP contribution is 2.18. The van der Waals surface area contributed by atoms with Crippen molar-refractivity contribution in [2.75, 3.05) is 0 Å². The average Bonchev–Trinajstić information content (AvgIpc) is 2.88. The Labute approximate surface area is 152 Å². The molecular weight excluding hydrogens is 444 g/mol. The number of rotatable bonds is 3. The summed E-state index contributed by atoms with van der Waals surface area (Å²) in [6.07, 6.45) is 0. The van der Waals surface area contributed by atoms with E-state index >= 15 is 0 Å². The first kappa shape index (κ1) is 16.8. The molecule has 3 rings (SSSR count). The molecule has 7 nitrogen and oxygen atoms in total. The lowest BCUT2D eigenvalue weighted by Crippen LogP contribution is -2.37. The number of hydrogen-bond donors (Lipinski definition) is 0. The van der Waals surface area contributed by atoms with Crippen LogP contribution in [-0.4, -0.2) is 24.5 Å². The van der Waals surface area contributed by atoms with Crippen molar-refractivity contribution in [2.24, 2.45) is 14.1 Å². The maximum atomic E-state index is 12.5. The summed E-state index contributed by atoms with van der Waals surface area (Å²) < 4.78 is 4.94. The predicted octanol–water partition coefficient (Wildman–Crippen LogP) is 1.84. The largest absolute Gasteiger partial charge is 0.332 e. The molecule has 0 saturated carbocycles. The summed E-state index contributed by atoms with van der Waals surface area (Å²) in [7, 11) is 2.93. The minimum atomic E-state index is -0.491. The highest BCUT2D eigenvalue weighted by atomic mass is 79.9. The van der Waals surface area contributed by atoms with Crippen LogP contribution in [0.2, 0.25) is 0 Å². The fourth-order valence-electron chi connectivity index (χ4n) is 2.43. The van der Waals surface area contributed by atoms with E-state index in [1.807, 2.05) is 0 Å². The van der Waals surface area contributed by atoms with E-state index in [9.17, 15) is 14.4 Å². The molecule has 124 valence electrons. The molecule has 0 atom stereocenters. The average molecular weight is 456 g/mol. The quantitative estimate of drug-likeness (QED) is 0.446. The zero-order valence-electron chi connectivity index (χ0n) is 12.8. The monoisotopic (exact) mass is 454 g/mol. The van der Waals surface area contributed by atoms with Crippen LogP contribution >= 0.6 is 31.9 Å². The molecule has 3 aromatic rings. The van der Waals surface area contributed by atoms with Crippen molar-refractivity contribution >= 4 is 48.8 Å². The number of aromatic nitrogens is 4. The van der Waals surface area contributed by atoms with Crippen LogP contribution < -0.4 is 11.2 Å². The Hall–Kier alpha value is -2.00. The molecule has 0 fully saturated rings. The van der Waals surface area contributed by atoms with Crippen molar-refractivity contribution in [2.45, 2.75) is 6.54 Å². The molecule has 0 amide bonds. The van der Waals surface area contributed by atoms with Gasteiger partial charge in [-0.3, -0.25) is 18.7 Å². The standard InChI is InChI=1S/C15H12Br2N4O3/c1-19-12-11(13(23)20(2)15(19)24)21(14(17)18-12)7-10(22)8-3-5-9(16)6-4-8/h3-6H,7H2,1-2H3. The van der Waals surface area contributed by atoms with Crippen LogP contribution in [-0.2, 0) is 20.6 Å². The van der Waals surface area contributed by atoms with Gasteiger partial charge in [-0.25, -0.2) is 9.78 Å². The molecule has 9 heteroatoms. The number of hydrogen-bond acceptors (Lipinski definition) is 4. The molecule has 2 heterocycles. The third-order valence-corrected chi connectivity index (χ3v) is 4.90. The van der Waals surface area contributed by atoms with Crippen molar-refractivity contribution in [1.82, 2.24) is 18.7 Å². The van der Waals surface area contributed by atoms with Gasteiger partial charge >= 0.3 is 5.69 Å². The minimum absolute atomic E-state index is 0.0633. The van der Waals surface area contributed by atoms with Gasteiger partial charge in [0.15, 0.2) is 21.7 Å². The van der Waals surface area contributed by atoms with Gasteiger partial charge in [-0.2, -0.15) is 0 Å². The predicted molar refractivity (Wildman–Crippen MR) is 96.4 cm³/mol. The number of carbonyl (C=O) groups is 1. The van der Waals surface area contributed by atoms with E-state index in [1.54, 1.807) is 24.3 Å². The molecule has 2 aromatic heterocycles. The number of benzene rings is 1. The molecule has 24 heavy (non-hydrogen) atoms. The zero-order chi connectivity index (χ0) is 17.6. The molecule has 1 aromatic carbocycles. The molecular formula is C15H12Br2N4O3. The van der Waals surface area contributed by atoms with E-state index in [4.69, 9.17) is 0 Å². The first-order valence-electron chi connectivity index (χ1n) is 6.91. The lowest BCUT2D eigenvalue weighted by molar-refractivity contribution is 0.0972. The maximum Gasteiger partial charge on any atom is 0.332 e. The summed E-state index contributed by atoms with van der Waals surface area (Å²) in [5.74, 6) is -0.168. The van der Waals surface area contributed by atoms with E-state index in [1.165, 1.54) is 23.2 Å². The minimum Gasteiger partial charge on any atom is -0.305 e. The molecule has 0 spiro atoms. The Balaban J connectivity index is 2.15. The van der Waals surface area contributed by atoms with E-state index in [-0.39, 0.29) is 23.5 Å². The second kappa shape index (κ2) is 6.14. The van der Waals surface area contributed by atoms with Gasteiger partial charge in [0.1, 0.15) is 0 Å². The summed E-state index contributed by atoms with van der Waals surface area (Å²) in [5.41, 5.74) is 0.00269. The van der Waals surface area contributed by atoms with Gasteiger partial charge < -0.3 is 4.57 Å². The number of halogens is 2. The Morgan fingerprint density at radius 3 is 2.33 bits per heavy atom. The van der Waals surface area contributed by atoms with Gasteiger partial charge in [-0.1, -0.05) is 28.1 Å². The maximum absolute atomic E-state index is 12.5. The van der Waals surface area contributed by atoms with Crippen molar-refractivity contribution in [3.05, 3.63) is 59.9 Å². The molecule has 0 aliphatic heterocycles. The van der Waals surface area contributed by atoms with Crippen molar-refractivity contribution in [1.29, 1.82) is 0 Å². The number of ketones is 1. The fourth-order valence-corrected chi connectivity index (χ4v) is 3.17. The van der Waals surface area contributed by atoms with Crippen LogP contribution in [0, 0.1) is 0 Å². The van der Waals surface area contributed by atoms with Gasteiger partial charge in [0.2, 0.25) is 0 Å². The topological polar surface area (TPSA) is 78.9 Å². The summed E-state index contributed by atoms with van der Waals surface area (Å²) >= 11 is 6.59. The first-order chi connectivity index (χ1) is 11.3. The second-order valence-electron chi connectivity index (χ2n) is 5.28. The first-order valence-corrected chi connectivity index (χ1v) is 8.50. The molecule has 0 aliphatic rings. The Kier molecular flexibility index (Phi) is 4.31. The SMILES string of the molecule is Cn1c(=O)c2c(nc(Br)n2CC(=O)c2ccc(Br)cc2)n(C)c1=O. The Bertz CT molecular complexity index is 1080. The number of nitrogens with zero attached hydrogens (tertiary/aromatic N) is 4. The van der Waals surface area contributed by atoms with Crippen LogP contribution in [0.5, 0.6) is 0 Å². The van der Waals surface area contributed by atoms with E-state index in [2.05, 4.69) is 36.8 Å². The smallest absolute Gasteiger partial charge is 0.305 e. The third-order valence-electron chi connectivity index (χ3n) is 3.77. The van der Waals surface area contributed by atoms with E-state index in [0.29, 0.717) is 10.3 Å².